The number of anilines is 1. The van der Waals surface area contributed by atoms with Gasteiger partial charge in [0.15, 0.2) is 5.96 Å². The fourth-order valence-corrected chi connectivity index (χ4v) is 3.15. The van der Waals surface area contributed by atoms with E-state index in [1.807, 2.05) is 19.9 Å². The van der Waals surface area contributed by atoms with Crippen LogP contribution in [0.25, 0.3) is 0 Å². The molecule has 2 rings (SSSR count). The van der Waals surface area contributed by atoms with Crippen molar-refractivity contribution >= 4 is 47.0 Å². The van der Waals surface area contributed by atoms with E-state index in [0.717, 1.165) is 36.3 Å². The lowest BCUT2D eigenvalue weighted by atomic mass is 10.3. The third-order valence-electron chi connectivity index (χ3n) is 3.58. The third kappa shape index (κ3) is 6.27. The van der Waals surface area contributed by atoms with Crippen LogP contribution in [-0.2, 0) is 6.54 Å². The smallest absolute Gasteiger partial charge is 0.191 e. The number of aryl methyl sites for hydroxylation is 2. The Labute approximate surface area is 165 Å². The summed E-state index contributed by atoms with van der Waals surface area (Å²) in [4.78, 5) is 12.2. The molecule has 0 bridgehead atoms. The van der Waals surface area contributed by atoms with E-state index in [4.69, 9.17) is 0 Å². The van der Waals surface area contributed by atoms with Crippen molar-refractivity contribution in [1.29, 1.82) is 0 Å². The molecule has 0 amide bonds. The van der Waals surface area contributed by atoms with Crippen LogP contribution in [0.5, 0.6) is 0 Å². The van der Waals surface area contributed by atoms with Gasteiger partial charge in [0.25, 0.3) is 0 Å². The van der Waals surface area contributed by atoms with Gasteiger partial charge in [0.05, 0.1) is 17.2 Å². The summed E-state index contributed by atoms with van der Waals surface area (Å²) in [6.45, 7) is 6.57. The highest BCUT2D eigenvalue weighted by atomic mass is 127. The molecule has 2 aromatic rings. The summed E-state index contributed by atoms with van der Waals surface area (Å²) in [5, 5.41) is 7.80. The number of rotatable bonds is 6. The van der Waals surface area contributed by atoms with Gasteiger partial charge in [-0.2, -0.15) is 0 Å². The molecule has 0 aliphatic rings. The van der Waals surface area contributed by atoms with Gasteiger partial charge in [0, 0.05) is 37.7 Å². The molecular weight excluding hydrogens is 433 g/mol. The summed E-state index contributed by atoms with van der Waals surface area (Å²) < 4.78 is 0. The van der Waals surface area contributed by atoms with E-state index in [9.17, 15) is 0 Å². The summed E-state index contributed by atoms with van der Waals surface area (Å²) in [5.74, 6) is 0.817. The highest BCUT2D eigenvalue weighted by molar-refractivity contribution is 14.0. The fraction of sp³-hybridized carbons (Fsp3) is 0.412. The maximum atomic E-state index is 4.45. The van der Waals surface area contributed by atoms with Crippen molar-refractivity contribution in [3.63, 3.8) is 0 Å². The number of hydrogen-bond acceptors (Lipinski definition) is 4. The number of halogens is 1. The first-order valence-corrected chi connectivity index (χ1v) is 8.55. The minimum Gasteiger partial charge on any atom is -0.373 e. The molecule has 7 heteroatoms. The van der Waals surface area contributed by atoms with Crippen LogP contribution in [0.15, 0.2) is 35.3 Å². The van der Waals surface area contributed by atoms with Crippen molar-refractivity contribution in [3.05, 3.63) is 45.9 Å². The van der Waals surface area contributed by atoms with E-state index in [2.05, 4.69) is 56.8 Å². The van der Waals surface area contributed by atoms with Crippen LogP contribution in [0.3, 0.4) is 0 Å². The number of likely N-dealkylation sites (N-methyl/N-ethyl adjacent to an activating group) is 1. The molecule has 0 unspecified atom stereocenters. The van der Waals surface area contributed by atoms with E-state index >= 15 is 0 Å². The number of para-hydroxylation sites is 1. The number of nitrogens with zero attached hydrogens (tertiary/aromatic N) is 3. The molecule has 0 atom stereocenters. The van der Waals surface area contributed by atoms with Crippen LogP contribution in [0, 0.1) is 13.8 Å². The normalized spacial score (nSPS) is 10.9. The minimum atomic E-state index is 0. The highest BCUT2D eigenvalue weighted by Crippen LogP contribution is 2.16. The van der Waals surface area contributed by atoms with Gasteiger partial charge < -0.3 is 15.5 Å². The Balaban J connectivity index is 0.00000288. The molecule has 0 aliphatic heterocycles. The Morgan fingerprint density at radius 1 is 1.21 bits per heavy atom. The third-order valence-corrected chi connectivity index (χ3v) is 4.65. The number of guanidine groups is 1. The van der Waals surface area contributed by atoms with Crippen LogP contribution in [-0.4, -0.2) is 38.1 Å². The first kappa shape index (κ1) is 20.7. The average molecular weight is 459 g/mol. The number of nitrogens with one attached hydrogen (secondary N) is 2. The van der Waals surface area contributed by atoms with E-state index < -0.39 is 0 Å². The van der Waals surface area contributed by atoms with E-state index in [1.165, 1.54) is 10.6 Å². The minimum absolute atomic E-state index is 0. The predicted molar refractivity (Wildman–Crippen MR) is 115 cm³/mol. The molecule has 0 radical (unpaired) electrons. The SMILES string of the molecule is CN=C(NCCN(C)c1ccccc1)NCc1sc(C)nc1C.I. The highest BCUT2D eigenvalue weighted by Gasteiger charge is 2.06. The van der Waals surface area contributed by atoms with Crippen molar-refractivity contribution in [2.24, 2.45) is 4.99 Å². The van der Waals surface area contributed by atoms with Gasteiger partial charge in [-0.05, 0) is 26.0 Å². The van der Waals surface area contributed by atoms with Crippen molar-refractivity contribution in [2.45, 2.75) is 20.4 Å². The maximum absolute atomic E-state index is 4.45. The summed E-state index contributed by atoms with van der Waals surface area (Å²) in [6.07, 6.45) is 0. The molecule has 5 nitrogen and oxygen atoms in total. The molecule has 1 aromatic carbocycles. The van der Waals surface area contributed by atoms with E-state index in [1.54, 1.807) is 18.4 Å². The molecule has 0 spiro atoms. The zero-order valence-corrected chi connectivity index (χ0v) is 17.8. The molecule has 132 valence electrons. The lowest BCUT2D eigenvalue weighted by Gasteiger charge is -2.20. The van der Waals surface area contributed by atoms with Crippen molar-refractivity contribution in [1.82, 2.24) is 15.6 Å². The van der Waals surface area contributed by atoms with Gasteiger partial charge in [-0.25, -0.2) is 4.98 Å². The standard InChI is InChI=1S/C17H25N5S.HI/c1-13-16(23-14(2)21-13)12-20-17(18-3)19-10-11-22(4)15-8-6-5-7-9-15;/h5-9H,10-12H2,1-4H3,(H2,18,19,20);1H. The zero-order chi connectivity index (χ0) is 16.7. The van der Waals surface area contributed by atoms with Crippen molar-refractivity contribution in [2.75, 3.05) is 32.1 Å². The quantitative estimate of drug-likeness (QED) is 0.396. The largest absolute Gasteiger partial charge is 0.373 e. The fourth-order valence-electron chi connectivity index (χ4n) is 2.28. The maximum Gasteiger partial charge on any atom is 0.191 e. The first-order chi connectivity index (χ1) is 11.1. The van der Waals surface area contributed by atoms with Gasteiger partial charge in [0.2, 0.25) is 0 Å². The number of benzene rings is 1. The molecule has 1 heterocycles. The van der Waals surface area contributed by atoms with Gasteiger partial charge in [0.1, 0.15) is 0 Å². The number of thiazole rings is 1. The van der Waals surface area contributed by atoms with Crippen LogP contribution in [0.1, 0.15) is 15.6 Å². The lowest BCUT2D eigenvalue weighted by Crippen LogP contribution is -2.40. The van der Waals surface area contributed by atoms with Crippen LogP contribution in [0.2, 0.25) is 0 Å². The Morgan fingerprint density at radius 2 is 1.92 bits per heavy atom. The first-order valence-electron chi connectivity index (χ1n) is 7.73. The second-order valence-corrected chi connectivity index (χ2v) is 6.64. The van der Waals surface area contributed by atoms with Crippen LogP contribution >= 0.6 is 35.3 Å². The summed E-state index contributed by atoms with van der Waals surface area (Å²) in [6, 6.07) is 10.4. The lowest BCUT2D eigenvalue weighted by molar-refractivity contribution is 0.778. The number of hydrogen-bond donors (Lipinski definition) is 2. The molecule has 1 aromatic heterocycles. The second kappa shape index (κ2) is 10.5. The molecular formula is C17H26IN5S. The van der Waals surface area contributed by atoms with E-state index in [0.29, 0.717) is 0 Å². The average Bonchev–Trinajstić information content (AvgIpc) is 2.89. The molecule has 0 saturated carbocycles. The van der Waals surface area contributed by atoms with Gasteiger partial charge in [-0.3, -0.25) is 4.99 Å². The van der Waals surface area contributed by atoms with Gasteiger partial charge in [-0.15, -0.1) is 35.3 Å². The Morgan fingerprint density at radius 3 is 2.50 bits per heavy atom. The van der Waals surface area contributed by atoms with Crippen molar-refractivity contribution < 1.29 is 0 Å². The summed E-state index contributed by atoms with van der Waals surface area (Å²) in [7, 11) is 3.89. The zero-order valence-electron chi connectivity index (χ0n) is 14.7. The monoisotopic (exact) mass is 459 g/mol. The Hall–Kier alpha value is -1.35. The molecule has 24 heavy (non-hydrogen) atoms. The second-order valence-electron chi connectivity index (χ2n) is 5.35. The van der Waals surface area contributed by atoms with Crippen LogP contribution in [0.4, 0.5) is 5.69 Å². The molecule has 0 fully saturated rings. The van der Waals surface area contributed by atoms with Crippen molar-refractivity contribution in [3.8, 4) is 0 Å². The Bertz CT molecular complexity index is 642. The molecule has 0 saturated heterocycles. The van der Waals surface area contributed by atoms with E-state index in [-0.39, 0.29) is 24.0 Å². The predicted octanol–water partition coefficient (Wildman–Crippen LogP) is 3.18. The molecule has 0 aliphatic carbocycles. The van der Waals surface area contributed by atoms with Gasteiger partial charge >= 0.3 is 0 Å². The summed E-state index contributed by atoms with van der Waals surface area (Å²) in [5.41, 5.74) is 2.31. The summed E-state index contributed by atoms with van der Waals surface area (Å²) >= 11 is 1.73. The number of aliphatic imine (C=N–C) groups is 1. The topological polar surface area (TPSA) is 52.6 Å². The molecule has 2 N–H and O–H groups in total. The van der Waals surface area contributed by atoms with Crippen LogP contribution < -0.4 is 15.5 Å². The Kier molecular flexibility index (Phi) is 9.05. The number of aromatic nitrogens is 1. The van der Waals surface area contributed by atoms with Gasteiger partial charge in [-0.1, -0.05) is 18.2 Å².